The highest BCUT2D eigenvalue weighted by Gasteiger charge is 2.61. The van der Waals surface area contributed by atoms with Crippen molar-refractivity contribution >= 4 is 17.5 Å². The fourth-order valence-electron chi connectivity index (χ4n) is 4.27. The molecule has 2 bridgehead atoms. The highest BCUT2D eigenvalue weighted by Crippen LogP contribution is 2.66. The van der Waals surface area contributed by atoms with Crippen LogP contribution in [0.1, 0.15) is 61.3 Å². The molecule has 2 atom stereocenters. The molecule has 0 radical (unpaired) electrons. The van der Waals surface area contributed by atoms with Gasteiger partial charge in [-0.3, -0.25) is 4.79 Å². The van der Waals surface area contributed by atoms with Gasteiger partial charge < -0.3 is 0 Å². The molecule has 4 nitrogen and oxygen atoms in total. The van der Waals surface area contributed by atoms with E-state index in [-0.39, 0.29) is 28.2 Å². The fraction of sp³-hybridized carbons (Fsp3) is 0.474. The van der Waals surface area contributed by atoms with Gasteiger partial charge in [-0.25, -0.2) is 9.37 Å². The van der Waals surface area contributed by atoms with Crippen LogP contribution in [0.25, 0.3) is 0 Å². The molecule has 0 amide bonds. The number of hydrogen-bond acceptors (Lipinski definition) is 5. The first kappa shape index (κ1) is 16.6. The lowest BCUT2D eigenvalue weighted by molar-refractivity contribution is 0.102. The Kier molecular flexibility index (Phi) is 3.72. The zero-order chi connectivity index (χ0) is 17.8. The van der Waals surface area contributed by atoms with Gasteiger partial charge >= 0.3 is 0 Å². The van der Waals surface area contributed by atoms with E-state index in [0.717, 1.165) is 24.2 Å². The standard InChI is InChI=1S/C19H20FN3OS/c1-18(2)13-8-9-19(18,3)16-15(13)22-23-17(21-16)25-10-14(24)11-4-6-12(20)7-5-11/h4-7,13H,8-10H2,1-3H3. The molecule has 130 valence electrons. The summed E-state index contributed by atoms with van der Waals surface area (Å²) in [6.45, 7) is 6.85. The molecule has 2 unspecified atom stereocenters. The lowest BCUT2D eigenvalue weighted by atomic mass is 9.70. The maximum absolute atomic E-state index is 13.0. The summed E-state index contributed by atoms with van der Waals surface area (Å²) in [5, 5.41) is 9.23. The summed E-state index contributed by atoms with van der Waals surface area (Å²) in [7, 11) is 0. The summed E-state index contributed by atoms with van der Waals surface area (Å²) in [6, 6.07) is 5.60. The largest absolute Gasteiger partial charge is 0.293 e. The molecule has 4 rings (SSSR count). The van der Waals surface area contributed by atoms with Crippen LogP contribution in [0.5, 0.6) is 0 Å². The molecule has 6 heteroatoms. The van der Waals surface area contributed by atoms with Gasteiger partial charge in [0.25, 0.3) is 0 Å². The molecule has 1 saturated carbocycles. The van der Waals surface area contributed by atoms with Crippen LogP contribution >= 0.6 is 11.8 Å². The summed E-state index contributed by atoms with van der Waals surface area (Å²) < 4.78 is 13.0. The van der Waals surface area contributed by atoms with Crippen molar-refractivity contribution in [1.82, 2.24) is 15.2 Å². The summed E-state index contributed by atoms with van der Waals surface area (Å²) in [6.07, 6.45) is 2.26. The Morgan fingerprint density at radius 2 is 1.96 bits per heavy atom. The van der Waals surface area contributed by atoms with Gasteiger partial charge in [-0.1, -0.05) is 32.5 Å². The fourth-order valence-corrected chi connectivity index (χ4v) is 4.95. The molecule has 25 heavy (non-hydrogen) atoms. The van der Waals surface area contributed by atoms with Crippen molar-refractivity contribution in [3.63, 3.8) is 0 Å². The lowest BCUT2D eigenvalue weighted by Crippen LogP contribution is -2.32. The van der Waals surface area contributed by atoms with Gasteiger partial charge in [-0.2, -0.15) is 5.10 Å². The number of aromatic nitrogens is 3. The predicted molar refractivity (Wildman–Crippen MR) is 94.4 cm³/mol. The minimum Gasteiger partial charge on any atom is -0.293 e. The Hall–Kier alpha value is -1.82. The van der Waals surface area contributed by atoms with Gasteiger partial charge in [0, 0.05) is 16.9 Å². The van der Waals surface area contributed by atoms with E-state index in [0.29, 0.717) is 16.6 Å². The van der Waals surface area contributed by atoms with Gasteiger partial charge in [0.15, 0.2) is 5.78 Å². The smallest absolute Gasteiger partial charge is 0.209 e. The minimum atomic E-state index is -0.346. The van der Waals surface area contributed by atoms with E-state index in [4.69, 9.17) is 4.98 Å². The second kappa shape index (κ2) is 5.59. The van der Waals surface area contributed by atoms with Crippen LogP contribution in [0.4, 0.5) is 4.39 Å². The Bertz CT molecular complexity index is 852. The number of halogens is 1. The van der Waals surface area contributed by atoms with E-state index in [1.807, 2.05) is 0 Å². The number of benzene rings is 1. The molecule has 0 N–H and O–H groups in total. The van der Waals surface area contributed by atoms with Gasteiger partial charge in [-0.15, -0.1) is 5.10 Å². The monoisotopic (exact) mass is 357 g/mol. The zero-order valence-corrected chi connectivity index (χ0v) is 15.4. The van der Waals surface area contributed by atoms with E-state index in [1.54, 1.807) is 0 Å². The van der Waals surface area contributed by atoms with Crippen molar-refractivity contribution in [2.75, 3.05) is 5.75 Å². The van der Waals surface area contributed by atoms with Crippen molar-refractivity contribution in [2.45, 2.75) is 50.1 Å². The number of carbonyl (C=O) groups is 1. The van der Waals surface area contributed by atoms with E-state index in [9.17, 15) is 9.18 Å². The number of rotatable bonds is 4. The second-order valence-electron chi connectivity index (χ2n) is 7.69. The van der Waals surface area contributed by atoms with Gasteiger partial charge in [0.2, 0.25) is 5.16 Å². The molecule has 2 aliphatic rings. The summed E-state index contributed by atoms with van der Waals surface area (Å²) >= 11 is 1.29. The minimum absolute atomic E-state index is 0.0270. The Morgan fingerprint density at radius 3 is 2.68 bits per heavy atom. The molecule has 1 fully saturated rings. The van der Waals surface area contributed by atoms with E-state index in [1.165, 1.54) is 36.0 Å². The molecule has 2 aromatic rings. The molecule has 0 aliphatic heterocycles. The first-order valence-electron chi connectivity index (χ1n) is 8.49. The third-order valence-corrected chi connectivity index (χ3v) is 7.11. The van der Waals surface area contributed by atoms with Gasteiger partial charge in [0.05, 0.1) is 17.1 Å². The van der Waals surface area contributed by atoms with Crippen LogP contribution in [0.3, 0.4) is 0 Å². The van der Waals surface area contributed by atoms with Gasteiger partial charge in [-0.05, 0) is 42.5 Å². The third kappa shape index (κ3) is 2.41. The number of thioether (sulfide) groups is 1. The first-order valence-corrected chi connectivity index (χ1v) is 9.48. The highest BCUT2D eigenvalue weighted by molar-refractivity contribution is 7.99. The van der Waals surface area contributed by atoms with Crippen molar-refractivity contribution in [1.29, 1.82) is 0 Å². The lowest BCUT2D eigenvalue weighted by Gasteiger charge is -2.33. The van der Waals surface area contributed by atoms with Crippen LogP contribution in [0.2, 0.25) is 0 Å². The van der Waals surface area contributed by atoms with Crippen molar-refractivity contribution in [2.24, 2.45) is 5.41 Å². The van der Waals surface area contributed by atoms with Crippen LogP contribution in [0.15, 0.2) is 29.4 Å². The average Bonchev–Trinajstić information content (AvgIpc) is 2.92. The van der Waals surface area contributed by atoms with Crippen molar-refractivity contribution < 1.29 is 9.18 Å². The number of ketones is 1. The van der Waals surface area contributed by atoms with E-state index < -0.39 is 0 Å². The van der Waals surface area contributed by atoms with Crippen LogP contribution in [-0.4, -0.2) is 26.7 Å². The predicted octanol–water partition coefficient (Wildman–Crippen LogP) is 4.16. The molecule has 2 aliphatic carbocycles. The molecular formula is C19H20FN3OS. The Balaban J connectivity index is 1.53. The quantitative estimate of drug-likeness (QED) is 0.607. The summed E-state index contributed by atoms with van der Waals surface area (Å²) in [5.41, 5.74) is 2.76. The van der Waals surface area contributed by atoms with Crippen LogP contribution in [-0.2, 0) is 5.41 Å². The molecule has 0 spiro atoms. The normalized spacial score (nSPS) is 25.8. The number of hydrogen-bond donors (Lipinski definition) is 0. The number of fused-ring (bicyclic) bond motifs is 5. The Labute approximate surface area is 150 Å². The second-order valence-corrected chi connectivity index (χ2v) is 8.63. The average molecular weight is 357 g/mol. The van der Waals surface area contributed by atoms with Gasteiger partial charge in [0.1, 0.15) is 5.82 Å². The third-order valence-electron chi connectivity index (χ3n) is 6.27. The highest BCUT2D eigenvalue weighted by atomic mass is 32.2. The number of nitrogens with zero attached hydrogens (tertiary/aromatic N) is 3. The molecule has 0 saturated heterocycles. The number of Topliss-reactive ketones (excluding diaryl/α,β-unsaturated/α-hetero) is 1. The van der Waals surface area contributed by atoms with Crippen molar-refractivity contribution in [3.8, 4) is 0 Å². The molecule has 1 heterocycles. The molecule has 1 aromatic carbocycles. The molecule has 1 aromatic heterocycles. The van der Waals surface area contributed by atoms with Crippen LogP contribution < -0.4 is 0 Å². The first-order chi connectivity index (χ1) is 11.8. The summed E-state index contributed by atoms with van der Waals surface area (Å²) in [5.74, 6) is 0.228. The zero-order valence-electron chi connectivity index (χ0n) is 14.5. The topological polar surface area (TPSA) is 55.7 Å². The Morgan fingerprint density at radius 1 is 1.24 bits per heavy atom. The van der Waals surface area contributed by atoms with E-state index >= 15 is 0 Å². The van der Waals surface area contributed by atoms with E-state index in [2.05, 4.69) is 31.0 Å². The summed E-state index contributed by atoms with van der Waals surface area (Å²) in [4.78, 5) is 17.0. The molecular weight excluding hydrogens is 337 g/mol. The maximum atomic E-state index is 13.0. The SMILES string of the molecule is CC12CCC(c3nnc(SCC(=O)c4ccc(F)cc4)nc31)C2(C)C. The van der Waals surface area contributed by atoms with Crippen LogP contribution in [0, 0.1) is 11.2 Å². The number of carbonyl (C=O) groups excluding carboxylic acids is 1. The van der Waals surface area contributed by atoms with Crippen molar-refractivity contribution in [3.05, 3.63) is 47.0 Å². The maximum Gasteiger partial charge on any atom is 0.209 e.